The monoisotopic (exact) mass is 362 g/mol. The molecule has 1 unspecified atom stereocenters. The second kappa shape index (κ2) is 8.59. The molecule has 0 radical (unpaired) electrons. The van der Waals surface area contributed by atoms with Gasteiger partial charge in [-0.05, 0) is 19.4 Å². The van der Waals surface area contributed by atoms with E-state index in [0.29, 0.717) is 0 Å². The molecule has 0 aliphatic carbocycles. The average molecular weight is 363 g/mol. The van der Waals surface area contributed by atoms with Crippen molar-refractivity contribution in [1.29, 1.82) is 0 Å². The van der Waals surface area contributed by atoms with Crippen molar-refractivity contribution in [3.63, 3.8) is 0 Å². The van der Waals surface area contributed by atoms with Crippen LogP contribution < -0.4 is 5.32 Å². The van der Waals surface area contributed by atoms with E-state index in [4.69, 9.17) is 0 Å². The Labute approximate surface area is 139 Å². The number of amides is 1. The number of carbonyl (C=O) groups excluding carboxylic acids is 1. The van der Waals surface area contributed by atoms with Gasteiger partial charge in [-0.15, -0.1) is 24.8 Å². The maximum absolute atomic E-state index is 12.4. The molecule has 2 heterocycles. The average Bonchev–Trinajstić information content (AvgIpc) is 2.98. The fourth-order valence-electron chi connectivity index (χ4n) is 2.28. The lowest BCUT2D eigenvalue weighted by Gasteiger charge is -2.21. The standard InChI is InChI=1S/C12H17F3N4O.2ClH/c1-18(11(20)9-3-2-4-16-9)7-10-17-5-6-19(10)8-12(13,14)15;;/h5-6,9,16H,2-4,7-8H2,1H3;2*1H. The molecule has 10 heteroatoms. The molecule has 0 bridgehead atoms. The van der Waals surface area contributed by atoms with E-state index < -0.39 is 12.7 Å². The van der Waals surface area contributed by atoms with E-state index >= 15 is 0 Å². The first kappa shape index (κ1) is 21.0. The van der Waals surface area contributed by atoms with E-state index in [0.717, 1.165) is 24.0 Å². The van der Waals surface area contributed by atoms with Crippen molar-refractivity contribution in [2.75, 3.05) is 13.6 Å². The summed E-state index contributed by atoms with van der Waals surface area (Å²) in [5.41, 5.74) is 0. The summed E-state index contributed by atoms with van der Waals surface area (Å²) in [6.45, 7) is -0.223. The molecule has 5 nitrogen and oxygen atoms in total. The number of carbonyl (C=O) groups is 1. The number of hydrogen-bond acceptors (Lipinski definition) is 3. The molecule has 1 aromatic heterocycles. The minimum atomic E-state index is -4.30. The number of hydrogen-bond donors (Lipinski definition) is 1. The van der Waals surface area contributed by atoms with Gasteiger partial charge in [0.2, 0.25) is 5.91 Å². The van der Waals surface area contributed by atoms with Crippen LogP contribution in [0.1, 0.15) is 18.7 Å². The van der Waals surface area contributed by atoms with Crippen LogP contribution in [0.3, 0.4) is 0 Å². The number of alkyl halides is 3. The second-order valence-corrected chi connectivity index (χ2v) is 4.93. The topological polar surface area (TPSA) is 50.2 Å². The molecule has 1 aliphatic rings. The van der Waals surface area contributed by atoms with E-state index in [1.165, 1.54) is 17.3 Å². The zero-order valence-corrected chi connectivity index (χ0v) is 13.6. The molecule has 2 rings (SSSR count). The Hall–Kier alpha value is -0.990. The third-order valence-corrected chi connectivity index (χ3v) is 3.26. The molecule has 0 saturated carbocycles. The Morgan fingerprint density at radius 2 is 2.18 bits per heavy atom. The van der Waals surface area contributed by atoms with Crippen molar-refractivity contribution in [1.82, 2.24) is 19.8 Å². The van der Waals surface area contributed by atoms with Crippen LogP contribution in [0.5, 0.6) is 0 Å². The van der Waals surface area contributed by atoms with Crippen LogP contribution in [-0.4, -0.2) is 46.2 Å². The maximum Gasteiger partial charge on any atom is 0.406 e. The summed E-state index contributed by atoms with van der Waals surface area (Å²) in [7, 11) is 1.58. The molecular formula is C12H19Cl2F3N4O. The van der Waals surface area contributed by atoms with Crippen LogP contribution in [0, 0.1) is 0 Å². The van der Waals surface area contributed by atoms with Crippen LogP contribution >= 0.6 is 24.8 Å². The smallest absolute Gasteiger partial charge is 0.337 e. The Balaban J connectivity index is 0.00000220. The van der Waals surface area contributed by atoms with Crippen molar-refractivity contribution in [2.24, 2.45) is 0 Å². The van der Waals surface area contributed by atoms with Gasteiger partial charge in [0.15, 0.2) is 0 Å². The van der Waals surface area contributed by atoms with Gasteiger partial charge in [0.05, 0.1) is 12.6 Å². The molecule has 0 aromatic carbocycles. The highest BCUT2D eigenvalue weighted by atomic mass is 35.5. The molecule has 1 aromatic rings. The molecule has 128 valence electrons. The third kappa shape index (κ3) is 5.66. The quantitative estimate of drug-likeness (QED) is 0.891. The van der Waals surface area contributed by atoms with Gasteiger partial charge in [0, 0.05) is 19.4 Å². The SMILES string of the molecule is CN(Cc1nccn1CC(F)(F)F)C(=O)C1CCCN1.Cl.Cl. The Bertz CT molecular complexity index is 475. The molecule has 22 heavy (non-hydrogen) atoms. The molecule has 1 N–H and O–H groups in total. The maximum atomic E-state index is 12.4. The molecule has 1 fully saturated rings. The molecule has 1 atom stereocenters. The second-order valence-electron chi connectivity index (χ2n) is 4.93. The van der Waals surface area contributed by atoms with E-state index in [2.05, 4.69) is 10.3 Å². The summed E-state index contributed by atoms with van der Waals surface area (Å²) in [4.78, 5) is 17.4. The highest BCUT2D eigenvalue weighted by molar-refractivity contribution is 5.85. The first-order valence-electron chi connectivity index (χ1n) is 6.42. The van der Waals surface area contributed by atoms with Crippen molar-refractivity contribution >= 4 is 30.7 Å². The normalized spacial score (nSPS) is 17.5. The number of nitrogens with one attached hydrogen (secondary N) is 1. The van der Waals surface area contributed by atoms with Gasteiger partial charge in [-0.2, -0.15) is 13.2 Å². The minimum Gasteiger partial charge on any atom is -0.337 e. The number of nitrogens with zero attached hydrogens (tertiary/aromatic N) is 3. The molecular weight excluding hydrogens is 344 g/mol. The summed E-state index contributed by atoms with van der Waals surface area (Å²) < 4.78 is 38.2. The number of rotatable bonds is 4. The zero-order valence-electron chi connectivity index (χ0n) is 12.0. The number of imidazole rings is 1. The lowest BCUT2D eigenvalue weighted by molar-refractivity contribution is -0.141. The van der Waals surface area contributed by atoms with Gasteiger partial charge >= 0.3 is 6.18 Å². The lowest BCUT2D eigenvalue weighted by atomic mass is 10.2. The summed E-state index contributed by atoms with van der Waals surface area (Å²) in [5, 5.41) is 3.07. The third-order valence-electron chi connectivity index (χ3n) is 3.26. The Kier molecular flexibility index (Phi) is 8.21. The van der Waals surface area contributed by atoms with Gasteiger partial charge in [-0.3, -0.25) is 4.79 Å². The largest absolute Gasteiger partial charge is 0.406 e. The predicted octanol–water partition coefficient (Wildman–Crippen LogP) is 2.00. The zero-order chi connectivity index (χ0) is 14.8. The highest BCUT2D eigenvalue weighted by Gasteiger charge is 2.30. The Morgan fingerprint density at radius 3 is 2.73 bits per heavy atom. The molecule has 0 spiro atoms. The van der Waals surface area contributed by atoms with Crippen molar-refractivity contribution in [3.05, 3.63) is 18.2 Å². The van der Waals surface area contributed by atoms with Gasteiger partial charge < -0.3 is 14.8 Å². The van der Waals surface area contributed by atoms with Gasteiger partial charge in [-0.25, -0.2) is 4.98 Å². The van der Waals surface area contributed by atoms with E-state index in [1.54, 1.807) is 7.05 Å². The summed E-state index contributed by atoms with van der Waals surface area (Å²) in [5.74, 6) is 0.125. The van der Waals surface area contributed by atoms with Crippen molar-refractivity contribution < 1.29 is 18.0 Å². The van der Waals surface area contributed by atoms with Crippen molar-refractivity contribution in [2.45, 2.75) is 38.1 Å². The lowest BCUT2D eigenvalue weighted by Crippen LogP contribution is -2.41. The number of likely N-dealkylation sites (N-methyl/N-ethyl adjacent to an activating group) is 1. The summed E-state index contributed by atoms with van der Waals surface area (Å²) in [6.07, 6.45) is -0.0136. The van der Waals surface area contributed by atoms with Gasteiger partial charge in [-0.1, -0.05) is 0 Å². The van der Waals surface area contributed by atoms with Crippen LogP contribution in [0.4, 0.5) is 13.2 Å². The van der Waals surface area contributed by atoms with Gasteiger partial charge in [0.1, 0.15) is 12.4 Å². The molecule has 1 aliphatic heterocycles. The summed E-state index contributed by atoms with van der Waals surface area (Å²) >= 11 is 0. The van der Waals surface area contributed by atoms with Crippen LogP contribution in [-0.2, 0) is 17.9 Å². The molecule has 1 saturated heterocycles. The van der Waals surface area contributed by atoms with Gasteiger partial charge in [0.25, 0.3) is 0 Å². The first-order chi connectivity index (χ1) is 9.37. The summed E-state index contributed by atoms with van der Waals surface area (Å²) in [6, 6.07) is -0.231. The number of halogens is 5. The minimum absolute atomic E-state index is 0. The number of aromatic nitrogens is 2. The fourth-order valence-corrected chi connectivity index (χ4v) is 2.28. The van der Waals surface area contributed by atoms with E-state index in [1.807, 2.05) is 0 Å². The first-order valence-corrected chi connectivity index (χ1v) is 6.42. The van der Waals surface area contributed by atoms with Crippen LogP contribution in [0.15, 0.2) is 12.4 Å². The predicted molar refractivity (Wildman–Crippen MR) is 80.3 cm³/mol. The highest BCUT2D eigenvalue weighted by Crippen LogP contribution is 2.19. The van der Waals surface area contributed by atoms with Crippen LogP contribution in [0.2, 0.25) is 0 Å². The van der Waals surface area contributed by atoms with Crippen LogP contribution in [0.25, 0.3) is 0 Å². The van der Waals surface area contributed by atoms with E-state index in [-0.39, 0.29) is 49.1 Å². The van der Waals surface area contributed by atoms with E-state index in [9.17, 15) is 18.0 Å². The molecule has 1 amide bonds. The van der Waals surface area contributed by atoms with Crippen molar-refractivity contribution in [3.8, 4) is 0 Å². The fraction of sp³-hybridized carbons (Fsp3) is 0.667. The Morgan fingerprint density at radius 1 is 1.50 bits per heavy atom.